The van der Waals surface area contributed by atoms with E-state index in [1.54, 1.807) is 0 Å². The topological polar surface area (TPSA) is 29.5 Å². The number of rotatable bonds is 7. The van der Waals surface area contributed by atoms with Crippen molar-refractivity contribution < 1.29 is 9.53 Å². The summed E-state index contributed by atoms with van der Waals surface area (Å²) in [4.78, 5) is 13.5. The molecule has 0 unspecified atom stereocenters. The van der Waals surface area contributed by atoms with Crippen molar-refractivity contribution in [1.29, 1.82) is 0 Å². The zero-order valence-corrected chi connectivity index (χ0v) is 11.6. The smallest absolute Gasteiger partial charge is 0.320 e. The van der Waals surface area contributed by atoms with Crippen molar-refractivity contribution in [3.05, 3.63) is 35.4 Å². The first-order valence-electron chi connectivity index (χ1n) is 6.51. The molecule has 1 rings (SSSR count). The zero-order valence-electron chi connectivity index (χ0n) is 11.6. The van der Waals surface area contributed by atoms with Crippen LogP contribution in [0.15, 0.2) is 24.3 Å². The molecule has 3 heteroatoms. The Kier molecular flexibility index (Phi) is 6.44. The van der Waals surface area contributed by atoms with E-state index in [1.807, 2.05) is 18.0 Å². The fraction of sp³-hybridized carbons (Fsp3) is 0.533. The number of benzene rings is 1. The van der Waals surface area contributed by atoms with Gasteiger partial charge in [0, 0.05) is 6.54 Å². The third-order valence-electron chi connectivity index (χ3n) is 2.69. The van der Waals surface area contributed by atoms with Gasteiger partial charge < -0.3 is 4.74 Å². The minimum atomic E-state index is -0.140. The van der Waals surface area contributed by atoms with Gasteiger partial charge >= 0.3 is 5.97 Å². The second kappa shape index (κ2) is 7.88. The van der Waals surface area contributed by atoms with Crippen LogP contribution in [-0.2, 0) is 16.1 Å². The Morgan fingerprint density at radius 2 is 2.17 bits per heavy atom. The molecule has 0 aliphatic heterocycles. The Morgan fingerprint density at radius 1 is 1.39 bits per heavy atom. The van der Waals surface area contributed by atoms with Gasteiger partial charge in [-0.1, -0.05) is 43.2 Å². The number of esters is 1. The number of ether oxygens (including phenoxy) is 1. The average molecular weight is 249 g/mol. The summed E-state index contributed by atoms with van der Waals surface area (Å²) in [6.07, 6.45) is 1.99. The van der Waals surface area contributed by atoms with Crippen LogP contribution in [0.25, 0.3) is 0 Å². The molecular formula is C15H23NO2. The molecule has 0 spiro atoms. The number of hydrogen-bond donors (Lipinski definition) is 0. The molecule has 0 saturated heterocycles. The molecule has 0 atom stereocenters. The van der Waals surface area contributed by atoms with Crippen molar-refractivity contribution in [2.75, 3.05) is 20.2 Å². The molecule has 0 N–H and O–H groups in total. The lowest BCUT2D eigenvalue weighted by molar-refractivity contribution is -0.144. The maximum absolute atomic E-state index is 11.5. The van der Waals surface area contributed by atoms with Gasteiger partial charge in [-0.2, -0.15) is 0 Å². The summed E-state index contributed by atoms with van der Waals surface area (Å²) in [6.45, 7) is 5.80. The van der Waals surface area contributed by atoms with Gasteiger partial charge in [0.05, 0.1) is 13.2 Å². The van der Waals surface area contributed by atoms with E-state index in [-0.39, 0.29) is 5.97 Å². The van der Waals surface area contributed by atoms with Gasteiger partial charge in [-0.05, 0) is 26.0 Å². The highest BCUT2D eigenvalue weighted by Gasteiger charge is 2.08. The molecule has 0 saturated carbocycles. The van der Waals surface area contributed by atoms with Crippen LogP contribution in [0.3, 0.4) is 0 Å². The third kappa shape index (κ3) is 5.82. The highest BCUT2D eigenvalue weighted by molar-refractivity contribution is 5.71. The average Bonchev–Trinajstić information content (AvgIpc) is 2.29. The first-order valence-corrected chi connectivity index (χ1v) is 6.51. The Balaban J connectivity index is 2.32. The van der Waals surface area contributed by atoms with E-state index in [0.29, 0.717) is 13.2 Å². The maximum atomic E-state index is 11.5. The first kappa shape index (κ1) is 14.7. The van der Waals surface area contributed by atoms with Crippen molar-refractivity contribution in [2.24, 2.45) is 0 Å². The molecular weight excluding hydrogens is 226 g/mol. The number of hydrogen-bond acceptors (Lipinski definition) is 3. The number of likely N-dealkylation sites (N-methyl/N-ethyl adjacent to an activating group) is 1. The third-order valence-corrected chi connectivity index (χ3v) is 2.69. The zero-order chi connectivity index (χ0) is 13.4. The molecule has 0 heterocycles. The van der Waals surface area contributed by atoms with E-state index < -0.39 is 0 Å². The van der Waals surface area contributed by atoms with Gasteiger partial charge in [0.15, 0.2) is 0 Å². The van der Waals surface area contributed by atoms with Gasteiger partial charge in [-0.3, -0.25) is 9.69 Å². The molecule has 1 aromatic rings. The molecule has 0 aromatic heterocycles. The lowest BCUT2D eigenvalue weighted by Crippen LogP contribution is -2.27. The molecule has 0 bridgehead atoms. The van der Waals surface area contributed by atoms with Gasteiger partial charge in [-0.25, -0.2) is 0 Å². The number of aryl methyl sites for hydroxylation is 1. The Bertz CT molecular complexity index is 377. The van der Waals surface area contributed by atoms with E-state index in [9.17, 15) is 4.79 Å². The molecule has 100 valence electrons. The number of carbonyl (C=O) groups is 1. The van der Waals surface area contributed by atoms with Crippen LogP contribution in [0.1, 0.15) is 30.9 Å². The van der Waals surface area contributed by atoms with Crippen LogP contribution in [0.4, 0.5) is 0 Å². The summed E-state index contributed by atoms with van der Waals surface area (Å²) in [5.74, 6) is -0.140. The highest BCUT2D eigenvalue weighted by Crippen LogP contribution is 2.06. The van der Waals surface area contributed by atoms with Crippen molar-refractivity contribution >= 4 is 5.97 Å². The lowest BCUT2D eigenvalue weighted by Gasteiger charge is -2.16. The van der Waals surface area contributed by atoms with Crippen molar-refractivity contribution in [3.63, 3.8) is 0 Å². The van der Waals surface area contributed by atoms with Crippen LogP contribution < -0.4 is 0 Å². The summed E-state index contributed by atoms with van der Waals surface area (Å²) >= 11 is 0. The predicted molar refractivity (Wildman–Crippen MR) is 73.4 cm³/mol. The summed E-state index contributed by atoms with van der Waals surface area (Å²) in [6, 6.07) is 8.32. The van der Waals surface area contributed by atoms with Crippen LogP contribution >= 0.6 is 0 Å². The quantitative estimate of drug-likeness (QED) is 0.549. The molecule has 0 amide bonds. The summed E-state index contributed by atoms with van der Waals surface area (Å²) in [5.41, 5.74) is 2.46. The largest absolute Gasteiger partial charge is 0.465 e. The van der Waals surface area contributed by atoms with E-state index in [0.717, 1.165) is 19.4 Å². The van der Waals surface area contributed by atoms with Crippen LogP contribution in [0.2, 0.25) is 0 Å². The predicted octanol–water partition coefficient (Wildman–Crippen LogP) is 2.77. The molecule has 3 nitrogen and oxygen atoms in total. The first-order chi connectivity index (χ1) is 8.61. The molecule has 0 aliphatic rings. The van der Waals surface area contributed by atoms with Gasteiger partial charge in [-0.15, -0.1) is 0 Å². The Hall–Kier alpha value is -1.35. The minimum absolute atomic E-state index is 0.140. The number of unbranched alkanes of at least 4 members (excludes halogenated alkanes) is 1. The van der Waals surface area contributed by atoms with Crippen molar-refractivity contribution in [2.45, 2.75) is 33.2 Å². The van der Waals surface area contributed by atoms with Crippen molar-refractivity contribution in [1.82, 2.24) is 4.90 Å². The number of carbonyl (C=O) groups excluding carboxylic acids is 1. The standard InChI is InChI=1S/C15H23NO2/c1-4-5-9-18-15(17)12-16(3)11-14-8-6-7-13(2)10-14/h6-8,10H,4-5,9,11-12H2,1-3H3. The molecule has 0 radical (unpaired) electrons. The maximum Gasteiger partial charge on any atom is 0.320 e. The van der Waals surface area contributed by atoms with E-state index in [2.05, 4.69) is 32.0 Å². The van der Waals surface area contributed by atoms with Crippen LogP contribution in [0, 0.1) is 6.92 Å². The van der Waals surface area contributed by atoms with Crippen molar-refractivity contribution in [3.8, 4) is 0 Å². The summed E-state index contributed by atoms with van der Waals surface area (Å²) in [5, 5.41) is 0. The number of nitrogens with zero attached hydrogens (tertiary/aromatic N) is 1. The Labute approximate surface area is 110 Å². The fourth-order valence-electron chi connectivity index (χ4n) is 1.77. The van der Waals surface area contributed by atoms with Crippen LogP contribution in [-0.4, -0.2) is 31.1 Å². The van der Waals surface area contributed by atoms with Gasteiger partial charge in [0.1, 0.15) is 0 Å². The van der Waals surface area contributed by atoms with E-state index in [1.165, 1.54) is 11.1 Å². The van der Waals surface area contributed by atoms with Gasteiger partial charge in [0.25, 0.3) is 0 Å². The molecule has 0 aliphatic carbocycles. The SMILES string of the molecule is CCCCOC(=O)CN(C)Cc1cccc(C)c1. The highest BCUT2D eigenvalue weighted by atomic mass is 16.5. The summed E-state index contributed by atoms with van der Waals surface area (Å²) < 4.78 is 5.13. The molecule has 18 heavy (non-hydrogen) atoms. The second-order valence-corrected chi connectivity index (χ2v) is 4.74. The summed E-state index contributed by atoms with van der Waals surface area (Å²) in [7, 11) is 1.93. The van der Waals surface area contributed by atoms with Gasteiger partial charge in [0.2, 0.25) is 0 Å². The lowest BCUT2D eigenvalue weighted by atomic mass is 10.1. The molecule has 1 aromatic carbocycles. The monoisotopic (exact) mass is 249 g/mol. The van der Waals surface area contributed by atoms with E-state index in [4.69, 9.17) is 4.74 Å². The van der Waals surface area contributed by atoms with E-state index >= 15 is 0 Å². The Morgan fingerprint density at radius 3 is 2.83 bits per heavy atom. The minimum Gasteiger partial charge on any atom is -0.465 e. The fourth-order valence-corrected chi connectivity index (χ4v) is 1.77. The van der Waals surface area contributed by atoms with Crippen LogP contribution in [0.5, 0.6) is 0 Å². The normalized spacial score (nSPS) is 10.7. The second-order valence-electron chi connectivity index (χ2n) is 4.74. The molecule has 0 fully saturated rings.